The maximum atomic E-state index is 12.3. The molecule has 1 atom stereocenters. The van der Waals surface area contributed by atoms with Crippen LogP contribution in [0.2, 0.25) is 0 Å². The lowest BCUT2D eigenvalue weighted by Crippen LogP contribution is -2.37. The van der Waals surface area contributed by atoms with Gasteiger partial charge in [-0.2, -0.15) is 5.10 Å². The van der Waals surface area contributed by atoms with Gasteiger partial charge in [0.25, 0.3) is 5.91 Å². The molecule has 0 bridgehead atoms. The van der Waals surface area contributed by atoms with Crippen molar-refractivity contribution in [3.8, 4) is 0 Å². The van der Waals surface area contributed by atoms with Crippen molar-refractivity contribution in [3.63, 3.8) is 0 Å². The summed E-state index contributed by atoms with van der Waals surface area (Å²) < 4.78 is 0. The van der Waals surface area contributed by atoms with Gasteiger partial charge >= 0.3 is 0 Å². The molecule has 6 nitrogen and oxygen atoms in total. The fraction of sp³-hybridized carbons (Fsp3) is 0.417. The largest absolute Gasteiger partial charge is 0.392 e. The zero-order valence-electron chi connectivity index (χ0n) is 17.3. The lowest BCUT2D eigenvalue weighted by atomic mass is 10.1. The summed E-state index contributed by atoms with van der Waals surface area (Å²) in [7, 11) is 0. The number of β-amino-alcohol motifs (C(OH)–C–C–N with tert-alkyl or cyclic N) is 1. The van der Waals surface area contributed by atoms with Crippen molar-refractivity contribution in [2.45, 2.75) is 38.3 Å². The van der Waals surface area contributed by atoms with Crippen LogP contribution in [0.25, 0.3) is 0 Å². The number of nitrogens with one attached hydrogen (secondary N) is 1. The minimum absolute atomic E-state index is 0.222. The van der Waals surface area contributed by atoms with Crippen LogP contribution in [0.1, 0.15) is 47.2 Å². The molecule has 0 aliphatic carbocycles. The summed E-state index contributed by atoms with van der Waals surface area (Å²) in [4.78, 5) is 17.0. The van der Waals surface area contributed by atoms with Crippen molar-refractivity contribution in [2.24, 2.45) is 5.10 Å². The molecule has 0 saturated carbocycles. The van der Waals surface area contributed by atoms with Crippen molar-refractivity contribution in [1.82, 2.24) is 10.3 Å². The Hall–Kier alpha value is -2.70. The van der Waals surface area contributed by atoms with Gasteiger partial charge in [-0.3, -0.25) is 9.69 Å². The number of hydrazone groups is 1. The van der Waals surface area contributed by atoms with E-state index in [1.807, 2.05) is 36.4 Å². The van der Waals surface area contributed by atoms with Crippen LogP contribution in [0.5, 0.6) is 0 Å². The van der Waals surface area contributed by atoms with Crippen molar-refractivity contribution in [3.05, 3.63) is 65.2 Å². The molecule has 0 spiro atoms. The smallest absolute Gasteiger partial charge is 0.271 e. The molecule has 0 radical (unpaired) electrons. The van der Waals surface area contributed by atoms with Gasteiger partial charge in [-0.15, -0.1) is 0 Å². The predicted octanol–water partition coefficient (Wildman–Crippen LogP) is 3.01. The molecule has 1 amide bonds. The lowest BCUT2D eigenvalue weighted by Gasteiger charge is -2.29. The highest BCUT2D eigenvalue weighted by Gasteiger charge is 2.17. The molecule has 158 valence electrons. The van der Waals surface area contributed by atoms with Gasteiger partial charge in [0.2, 0.25) is 0 Å². The highest BCUT2D eigenvalue weighted by Crippen LogP contribution is 2.20. The molecule has 2 aromatic rings. The third kappa shape index (κ3) is 5.46. The first-order chi connectivity index (χ1) is 14.7. The van der Waals surface area contributed by atoms with Crippen LogP contribution in [0.3, 0.4) is 0 Å². The van der Waals surface area contributed by atoms with Gasteiger partial charge in [-0.05, 0) is 67.6 Å². The fourth-order valence-corrected chi connectivity index (χ4v) is 4.17. The molecule has 4 rings (SSSR count). The molecule has 2 saturated heterocycles. The lowest BCUT2D eigenvalue weighted by molar-refractivity contribution is 0.0668. The Morgan fingerprint density at radius 2 is 1.77 bits per heavy atom. The van der Waals surface area contributed by atoms with Gasteiger partial charge in [0.15, 0.2) is 0 Å². The quantitative estimate of drug-likeness (QED) is 0.572. The number of piperidine rings is 1. The highest BCUT2D eigenvalue weighted by atomic mass is 16.3. The summed E-state index contributed by atoms with van der Waals surface area (Å²) in [6.07, 6.45) is 5.88. The molecule has 2 fully saturated rings. The van der Waals surface area contributed by atoms with Gasteiger partial charge in [-0.1, -0.05) is 24.3 Å². The second kappa shape index (κ2) is 9.87. The van der Waals surface area contributed by atoms with Gasteiger partial charge in [-0.25, -0.2) is 5.43 Å². The second-order valence-electron chi connectivity index (χ2n) is 8.21. The fourth-order valence-electron chi connectivity index (χ4n) is 4.17. The Kier molecular flexibility index (Phi) is 6.77. The van der Waals surface area contributed by atoms with Crippen molar-refractivity contribution in [1.29, 1.82) is 0 Å². The third-order valence-corrected chi connectivity index (χ3v) is 5.85. The van der Waals surface area contributed by atoms with Crippen molar-refractivity contribution >= 4 is 17.8 Å². The molecule has 1 unspecified atom stereocenters. The number of rotatable bonds is 6. The monoisotopic (exact) mass is 406 g/mol. The summed E-state index contributed by atoms with van der Waals surface area (Å²) in [6, 6.07) is 15.8. The molecular formula is C24H30N4O2. The topological polar surface area (TPSA) is 68.2 Å². The number of aliphatic hydroxyl groups excluding tert-OH is 1. The van der Waals surface area contributed by atoms with E-state index in [2.05, 4.69) is 32.5 Å². The van der Waals surface area contributed by atoms with Crippen LogP contribution in [-0.4, -0.2) is 54.4 Å². The van der Waals surface area contributed by atoms with Crippen LogP contribution in [-0.2, 0) is 6.54 Å². The third-order valence-electron chi connectivity index (χ3n) is 5.85. The van der Waals surface area contributed by atoms with E-state index in [1.165, 1.54) is 18.5 Å². The molecule has 6 heteroatoms. The minimum Gasteiger partial charge on any atom is -0.392 e. The van der Waals surface area contributed by atoms with Crippen LogP contribution in [0.4, 0.5) is 5.69 Å². The van der Waals surface area contributed by atoms with Gasteiger partial charge < -0.3 is 10.0 Å². The van der Waals surface area contributed by atoms with E-state index in [-0.39, 0.29) is 12.0 Å². The van der Waals surface area contributed by atoms with E-state index in [0.29, 0.717) is 5.56 Å². The summed E-state index contributed by atoms with van der Waals surface area (Å²) in [5.74, 6) is -0.222. The zero-order valence-corrected chi connectivity index (χ0v) is 17.3. The number of amides is 1. The summed E-state index contributed by atoms with van der Waals surface area (Å²) in [5.41, 5.74) is 6.52. The SMILES string of the molecule is O=C(N/N=C/c1ccc(N2CCCC2)cc1)c1ccc(CN2CCCC(O)C2)cc1. The Balaban J connectivity index is 1.27. The average Bonchev–Trinajstić information content (AvgIpc) is 3.30. The standard InChI is InChI=1S/C24H30N4O2/c29-23-4-3-13-27(18-23)17-20-5-9-21(10-6-20)24(30)26-25-16-19-7-11-22(12-8-19)28-14-1-2-15-28/h5-12,16,23,29H,1-4,13-15,17-18H2,(H,26,30)/b25-16+. The highest BCUT2D eigenvalue weighted by molar-refractivity contribution is 5.94. The number of nitrogens with zero attached hydrogens (tertiary/aromatic N) is 3. The van der Waals surface area contributed by atoms with Crippen LogP contribution in [0.15, 0.2) is 53.6 Å². The first-order valence-electron chi connectivity index (χ1n) is 10.9. The molecule has 0 aromatic heterocycles. The predicted molar refractivity (Wildman–Crippen MR) is 120 cm³/mol. The number of carbonyl (C=O) groups is 1. The average molecular weight is 407 g/mol. The normalized spacial score (nSPS) is 20.0. The van der Waals surface area contributed by atoms with E-state index >= 15 is 0 Å². The van der Waals surface area contributed by atoms with E-state index in [4.69, 9.17) is 0 Å². The number of aliphatic hydroxyl groups is 1. The van der Waals surface area contributed by atoms with E-state index in [0.717, 1.165) is 56.7 Å². The zero-order chi connectivity index (χ0) is 20.8. The van der Waals surface area contributed by atoms with Gasteiger partial charge in [0, 0.05) is 37.4 Å². The molecule has 2 aliphatic heterocycles. The maximum absolute atomic E-state index is 12.3. The van der Waals surface area contributed by atoms with Crippen molar-refractivity contribution in [2.75, 3.05) is 31.1 Å². The molecular weight excluding hydrogens is 376 g/mol. The summed E-state index contributed by atoms with van der Waals surface area (Å²) >= 11 is 0. The molecule has 30 heavy (non-hydrogen) atoms. The van der Waals surface area contributed by atoms with Crippen LogP contribution < -0.4 is 10.3 Å². The number of anilines is 1. The maximum Gasteiger partial charge on any atom is 0.271 e. The van der Waals surface area contributed by atoms with Crippen molar-refractivity contribution < 1.29 is 9.90 Å². The Morgan fingerprint density at radius 1 is 1.03 bits per heavy atom. The number of benzene rings is 2. The minimum atomic E-state index is -0.224. The first-order valence-corrected chi connectivity index (χ1v) is 10.9. The van der Waals surface area contributed by atoms with E-state index in [1.54, 1.807) is 6.21 Å². The van der Waals surface area contributed by atoms with E-state index < -0.39 is 0 Å². The number of hydrogen-bond acceptors (Lipinski definition) is 5. The number of likely N-dealkylation sites (tertiary alicyclic amines) is 1. The molecule has 2 N–H and O–H groups in total. The Morgan fingerprint density at radius 3 is 2.47 bits per heavy atom. The second-order valence-corrected chi connectivity index (χ2v) is 8.21. The Labute approximate surface area is 178 Å². The Bertz CT molecular complexity index is 858. The molecule has 2 aliphatic rings. The summed E-state index contributed by atoms with van der Waals surface area (Å²) in [5, 5.41) is 13.9. The first kappa shape index (κ1) is 20.6. The van der Waals surface area contributed by atoms with Gasteiger partial charge in [0.1, 0.15) is 0 Å². The molecule has 2 aromatic carbocycles. The van der Waals surface area contributed by atoms with Crippen LogP contribution >= 0.6 is 0 Å². The molecule has 2 heterocycles. The van der Waals surface area contributed by atoms with E-state index in [9.17, 15) is 9.90 Å². The van der Waals surface area contributed by atoms with Crippen LogP contribution in [0, 0.1) is 0 Å². The number of hydrogen-bond donors (Lipinski definition) is 2. The summed E-state index contributed by atoms with van der Waals surface area (Å²) in [6.45, 7) is 4.78. The van der Waals surface area contributed by atoms with Gasteiger partial charge in [0.05, 0.1) is 12.3 Å². The number of carbonyl (C=O) groups excluding carboxylic acids is 1.